The van der Waals surface area contributed by atoms with E-state index in [0.717, 1.165) is 5.56 Å². The number of nitrogens with two attached hydrogens (primary N) is 1. The molecule has 0 unspecified atom stereocenters. The van der Waals surface area contributed by atoms with Crippen molar-refractivity contribution in [2.45, 2.75) is 26.7 Å². The van der Waals surface area contributed by atoms with Crippen molar-refractivity contribution >= 4 is 33.3 Å². The highest BCUT2D eigenvalue weighted by Crippen LogP contribution is 2.27. The van der Waals surface area contributed by atoms with Crippen LogP contribution in [-0.2, 0) is 0 Å². The number of aromatic nitrogens is 2. The summed E-state index contributed by atoms with van der Waals surface area (Å²) in [7, 11) is 0. The first kappa shape index (κ1) is 15.7. The molecule has 0 radical (unpaired) electrons. The molecular weight excluding hydrogens is 337 g/mol. The lowest BCUT2D eigenvalue weighted by Crippen LogP contribution is -2.14. The van der Waals surface area contributed by atoms with E-state index >= 15 is 0 Å². The van der Waals surface area contributed by atoms with Gasteiger partial charge in [0.15, 0.2) is 0 Å². The van der Waals surface area contributed by atoms with E-state index in [1.807, 2.05) is 20.8 Å². The molecule has 1 aromatic heterocycles. The average molecular weight is 354 g/mol. The van der Waals surface area contributed by atoms with Gasteiger partial charge in [0, 0.05) is 17.2 Å². The number of halogens is 2. The van der Waals surface area contributed by atoms with Crippen LogP contribution >= 0.6 is 15.9 Å². The van der Waals surface area contributed by atoms with Crippen LogP contribution in [0.25, 0.3) is 0 Å². The largest absolute Gasteiger partial charge is 0.340 e. The van der Waals surface area contributed by atoms with Crippen molar-refractivity contribution in [3.05, 3.63) is 39.9 Å². The number of benzene rings is 1. The highest BCUT2D eigenvalue weighted by Gasteiger charge is 2.13. The Labute approximate surface area is 131 Å². The fraction of sp³-hybridized carbons (Fsp3) is 0.286. The number of hydrogen-bond acceptors (Lipinski definition) is 5. The van der Waals surface area contributed by atoms with E-state index in [1.54, 1.807) is 12.1 Å². The first-order valence-electron chi connectivity index (χ1n) is 6.49. The third kappa shape index (κ3) is 3.48. The maximum absolute atomic E-state index is 13.6. The molecule has 5 nitrogen and oxygen atoms in total. The Morgan fingerprint density at radius 2 is 1.90 bits per heavy atom. The fourth-order valence-corrected chi connectivity index (χ4v) is 2.01. The molecule has 7 heteroatoms. The van der Waals surface area contributed by atoms with Gasteiger partial charge in [0.05, 0.1) is 4.47 Å². The Kier molecular flexibility index (Phi) is 4.74. The number of hydrazine groups is 1. The van der Waals surface area contributed by atoms with E-state index in [-0.39, 0.29) is 11.7 Å². The molecule has 1 heterocycles. The summed E-state index contributed by atoms with van der Waals surface area (Å²) in [4.78, 5) is 8.83. The molecule has 0 aliphatic carbocycles. The van der Waals surface area contributed by atoms with Crippen LogP contribution in [0.5, 0.6) is 0 Å². The van der Waals surface area contributed by atoms with Crippen molar-refractivity contribution in [1.82, 2.24) is 9.97 Å². The molecule has 1 aromatic carbocycles. The molecule has 0 fully saturated rings. The minimum absolute atomic E-state index is 0.153. The number of nitrogens with one attached hydrogen (secondary N) is 2. The molecule has 0 atom stereocenters. The van der Waals surface area contributed by atoms with Crippen LogP contribution in [0.15, 0.2) is 22.7 Å². The summed E-state index contributed by atoms with van der Waals surface area (Å²) in [6.45, 7) is 5.83. The highest BCUT2D eigenvalue weighted by molar-refractivity contribution is 9.10. The van der Waals surface area contributed by atoms with Crippen molar-refractivity contribution in [3.8, 4) is 0 Å². The van der Waals surface area contributed by atoms with Crippen molar-refractivity contribution in [3.63, 3.8) is 0 Å². The second-order valence-electron chi connectivity index (χ2n) is 4.96. The van der Waals surface area contributed by atoms with Crippen LogP contribution in [0.3, 0.4) is 0 Å². The zero-order chi connectivity index (χ0) is 15.6. The monoisotopic (exact) mass is 353 g/mol. The van der Waals surface area contributed by atoms with Gasteiger partial charge in [-0.2, -0.15) is 0 Å². The van der Waals surface area contributed by atoms with Crippen molar-refractivity contribution in [1.29, 1.82) is 0 Å². The van der Waals surface area contributed by atoms with Gasteiger partial charge in [-0.3, -0.25) is 0 Å². The molecule has 112 valence electrons. The van der Waals surface area contributed by atoms with E-state index in [9.17, 15) is 4.39 Å². The lowest BCUT2D eigenvalue weighted by atomic mass is 10.2. The summed E-state index contributed by atoms with van der Waals surface area (Å²) in [5.41, 5.74) is 3.94. The standard InChI is InChI=1S/C14H17BrFN5/c1-7(2)12-19-13(8(3)14(20-12)21-17)18-9-4-5-10(15)11(16)6-9/h4-7H,17H2,1-3H3,(H2,18,19,20,21). The first-order chi connectivity index (χ1) is 9.92. The lowest BCUT2D eigenvalue weighted by molar-refractivity contribution is 0.622. The Morgan fingerprint density at radius 3 is 2.48 bits per heavy atom. The Morgan fingerprint density at radius 1 is 1.24 bits per heavy atom. The Balaban J connectivity index is 2.42. The summed E-state index contributed by atoms with van der Waals surface area (Å²) < 4.78 is 14.0. The average Bonchev–Trinajstić information content (AvgIpc) is 2.44. The third-order valence-electron chi connectivity index (χ3n) is 3.00. The summed E-state index contributed by atoms with van der Waals surface area (Å²) in [6, 6.07) is 4.80. The maximum Gasteiger partial charge on any atom is 0.148 e. The number of rotatable bonds is 4. The van der Waals surface area contributed by atoms with Crippen LogP contribution in [0.2, 0.25) is 0 Å². The van der Waals surface area contributed by atoms with Crippen LogP contribution in [0.4, 0.5) is 21.7 Å². The van der Waals surface area contributed by atoms with Gasteiger partial charge in [-0.25, -0.2) is 20.2 Å². The van der Waals surface area contributed by atoms with Crippen LogP contribution < -0.4 is 16.6 Å². The molecule has 0 saturated heterocycles. The smallest absolute Gasteiger partial charge is 0.148 e. The van der Waals surface area contributed by atoms with Gasteiger partial charge in [-0.05, 0) is 41.1 Å². The van der Waals surface area contributed by atoms with Crippen LogP contribution in [-0.4, -0.2) is 9.97 Å². The molecule has 0 bridgehead atoms. The molecule has 21 heavy (non-hydrogen) atoms. The van der Waals surface area contributed by atoms with Crippen LogP contribution in [0.1, 0.15) is 31.2 Å². The van der Waals surface area contributed by atoms with E-state index in [4.69, 9.17) is 5.84 Å². The summed E-state index contributed by atoms with van der Waals surface area (Å²) in [5.74, 6) is 7.12. The maximum atomic E-state index is 13.6. The van der Waals surface area contributed by atoms with Crippen molar-refractivity contribution < 1.29 is 4.39 Å². The lowest BCUT2D eigenvalue weighted by Gasteiger charge is -2.15. The van der Waals surface area contributed by atoms with Gasteiger partial charge in [-0.1, -0.05) is 13.8 Å². The molecule has 2 rings (SSSR count). The van der Waals surface area contributed by atoms with E-state index in [2.05, 4.69) is 36.6 Å². The second kappa shape index (κ2) is 6.36. The molecule has 0 spiro atoms. The quantitative estimate of drug-likeness (QED) is 0.575. The Bertz CT molecular complexity index is 660. The van der Waals surface area contributed by atoms with Gasteiger partial charge >= 0.3 is 0 Å². The summed E-state index contributed by atoms with van der Waals surface area (Å²) in [5, 5.41) is 3.10. The minimum atomic E-state index is -0.340. The Hall–Kier alpha value is -1.73. The van der Waals surface area contributed by atoms with Crippen molar-refractivity contribution in [2.75, 3.05) is 10.7 Å². The molecule has 0 amide bonds. The second-order valence-corrected chi connectivity index (χ2v) is 5.81. The number of hydrogen-bond donors (Lipinski definition) is 3. The molecular formula is C14H17BrFN5. The van der Waals surface area contributed by atoms with E-state index in [1.165, 1.54) is 6.07 Å². The number of nitrogens with zero attached hydrogens (tertiary/aromatic N) is 2. The zero-order valence-electron chi connectivity index (χ0n) is 12.0. The van der Waals surface area contributed by atoms with Gasteiger partial charge in [0.1, 0.15) is 23.3 Å². The van der Waals surface area contributed by atoms with Crippen molar-refractivity contribution in [2.24, 2.45) is 5.84 Å². The highest BCUT2D eigenvalue weighted by atomic mass is 79.9. The van der Waals surface area contributed by atoms with Gasteiger partial charge in [0.2, 0.25) is 0 Å². The number of nitrogen functional groups attached to an aromatic ring is 1. The zero-order valence-corrected chi connectivity index (χ0v) is 13.6. The predicted molar refractivity (Wildman–Crippen MR) is 86.1 cm³/mol. The van der Waals surface area contributed by atoms with E-state index < -0.39 is 0 Å². The predicted octanol–water partition coefficient (Wildman–Crippen LogP) is 3.84. The molecule has 0 saturated carbocycles. The SMILES string of the molecule is Cc1c(NN)nc(C(C)C)nc1Nc1ccc(Br)c(F)c1. The van der Waals surface area contributed by atoms with Gasteiger partial charge in [0.25, 0.3) is 0 Å². The minimum Gasteiger partial charge on any atom is -0.340 e. The third-order valence-corrected chi connectivity index (χ3v) is 3.64. The topological polar surface area (TPSA) is 75.9 Å². The first-order valence-corrected chi connectivity index (χ1v) is 7.29. The fourth-order valence-electron chi connectivity index (χ4n) is 1.76. The van der Waals surface area contributed by atoms with Crippen LogP contribution in [0, 0.1) is 12.7 Å². The molecule has 0 aliphatic heterocycles. The normalized spacial score (nSPS) is 10.8. The summed E-state index contributed by atoms with van der Waals surface area (Å²) in [6.07, 6.45) is 0. The van der Waals surface area contributed by atoms with Gasteiger partial charge in [-0.15, -0.1) is 0 Å². The van der Waals surface area contributed by atoms with E-state index in [0.29, 0.717) is 27.6 Å². The molecule has 0 aliphatic rings. The molecule has 2 aromatic rings. The molecule has 4 N–H and O–H groups in total. The number of anilines is 3. The summed E-state index contributed by atoms with van der Waals surface area (Å²) >= 11 is 3.13. The van der Waals surface area contributed by atoms with Gasteiger partial charge < -0.3 is 10.7 Å².